The monoisotopic (exact) mass is 313 g/mol. The van der Waals surface area contributed by atoms with Crippen molar-refractivity contribution in [2.24, 2.45) is 0 Å². The van der Waals surface area contributed by atoms with Gasteiger partial charge in [0, 0.05) is 18.0 Å². The molecule has 1 N–H and O–H groups in total. The maximum Gasteiger partial charge on any atom is 0.323 e. The summed E-state index contributed by atoms with van der Waals surface area (Å²) >= 11 is 0. The zero-order chi connectivity index (χ0) is 16.0. The quantitative estimate of drug-likeness (QED) is 0.774. The number of carbonyl (C=O) groups is 1. The Morgan fingerprint density at radius 2 is 2.04 bits per heavy atom. The van der Waals surface area contributed by atoms with Gasteiger partial charge in [0.25, 0.3) is 5.56 Å². The van der Waals surface area contributed by atoms with Gasteiger partial charge in [-0.25, -0.2) is 4.52 Å². The summed E-state index contributed by atoms with van der Waals surface area (Å²) in [6, 6.07) is 7.02. The molecule has 0 bridgehead atoms. The molecule has 1 aliphatic heterocycles. The van der Waals surface area contributed by atoms with Crippen LogP contribution in [0.25, 0.3) is 16.8 Å². The second kappa shape index (κ2) is 4.87. The minimum absolute atomic E-state index is 0.184. The lowest BCUT2D eigenvalue weighted by Gasteiger charge is -2.01. The van der Waals surface area contributed by atoms with Crippen LogP contribution in [-0.4, -0.2) is 32.0 Å². The molecule has 1 aromatic carbocycles. The lowest BCUT2D eigenvalue weighted by molar-refractivity contribution is -0.137. The van der Waals surface area contributed by atoms with E-state index in [9.17, 15) is 9.59 Å². The summed E-state index contributed by atoms with van der Waals surface area (Å²) in [5, 5.41) is 13.2. The lowest BCUT2D eigenvalue weighted by atomic mass is 10.1. The third kappa shape index (κ3) is 2.20. The van der Waals surface area contributed by atoms with Gasteiger partial charge in [0.05, 0.1) is 5.69 Å². The van der Waals surface area contributed by atoms with E-state index in [1.54, 1.807) is 24.4 Å². The molecule has 116 valence electrons. The number of ether oxygens (including phenoxy) is 2. The molecule has 0 saturated heterocycles. The predicted molar refractivity (Wildman–Crippen MR) is 78.6 cm³/mol. The highest BCUT2D eigenvalue weighted by Gasteiger charge is 2.16. The molecule has 0 amide bonds. The third-order valence-corrected chi connectivity index (χ3v) is 3.58. The van der Waals surface area contributed by atoms with Crippen molar-refractivity contribution in [1.29, 1.82) is 0 Å². The van der Waals surface area contributed by atoms with Gasteiger partial charge < -0.3 is 19.1 Å². The molecule has 2 aromatic heterocycles. The molecule has 23 heavy (non-hydrogen) atoms. The molecule has 3 heterocycles. The van der Waals surface area contributed by atoms with E-state index < -0.39 is 11.5 Å². The normalized spacial score (nSPS) is 12.7. The smallest absolute Gasteiger partial charge is 0.323 e. The molecular formula is C15H11N3O5. The van der Waals surface area contributed by atoms with Gasteiger partial charge >= 0.3 is 5.97 Å². The van der Waals surface area contributed by atoms with E-state index in [0.717, 1.165) is 10.1 Å². The Balaban J connectivity index is 1.81. The second-order valence-corrected chi connectivity index (χ2v) is 5.05. The van der Waals surface area contributed by atoms with E-state index in [1.807, 2.05) is 6.07 Å². The molecule has 0 fully saturated rings. The molecule has 0 unspecified atom stereocenters. The number of benzene rings is 1. The highest BCUT2D eigenvalue weighted by atomic mass is 16.7. The number of fused-ring (bicyclic) bond motifs is 2. The largest absolute Gasteiger partial charge is 0.480 e. The molecule has 0 spiro atoms. The van der Waals surface area contributed by atoms with Gasteiger partial charge in [-0.05, 0) is 24.3 Å². The van der Waals surface area contributed by atoms with Gasteiger partial charge in [-0.15, -0.1) is 0 Å². The number of aromatic nitrogens is 3. The van der Waals surface area contributed by atoms with Crippen molar-refractivity contribution in [2.45, 2.75) is 6.54 Å². The molecule has 0 radical (unpaired) electrons. The lowest BCUT2D eigenvalue weighted by Crippen LogP contribution is -2.24. The number of hydrogen-bond acceptors (Lipinski definition) is 5. The van der Waals surface area contributed by atoms with E-state index >= 15 is 0 Å². The van der Waals surface area contributed by atoms with Crippen LogP contribution in [0, 0.1) is 0 Å². The molecule has 0 aliphatic carbocycles. The van der Waals surface area contributed by atoms with Crippen LogP contribution in [0.5, 0.6) is 11.5 Å². The van der Waals surface area contributed by atoms with Crippen molar-refractivity contribution < 1.29 is 19.4 Å². The van der Waals surface area contributed by atoms with Gasteiger partial charge in [-0.3, -0.25) is 9.59 Å². The van der Waals surface area contributed by atoms with Crippen molar-refractivity contribution in [1.82, 2.24) is 14.2 Å². The third-order valence-electron chi connectivity index (χ3n) is 3.58. The van der Waals surface area contributed by atoms with E-state index in [-0.39, 0.29) is 13.3 Å². The first-order chi connectivity index (χ1) is 11.1. The van der Waals surface area contributed by atoms with Gasteiger partial charge in [-0.1, -0.05) is 0 Å². The maximum absolute atomic E-state index is 12.3. The van der Waals surface area contributed by atoms with Crippen LogP contribution in [0.4, 0.5) is 0 Å². The van der Waals surface area contributed by atoms with Gasteiger partial charge in [0.1, 0.15) is 12.1 Å². The summed E-state index contributed by atoms with van der Waals surface area (Å²) in [6.45, 7) is -0.205. The Bertz CT molecular complexity index is 988. The molecule has 1 aliphatic rings. The SMILES string of the molecule is O=C(O)Cn1ccn2nc(-c3ccc4c(c3)OCO4)cc2c1=O. The highest BCUT2D eigenvalue weighted by molar-refractivity contribution is 5.69. The van der Waals surface area contributed by atoms with E-state index in [4.69, 9.17) is 14.6 Å². The van der Waals surface area contributed by atoms with Crippen molar-refractivity contribution in [2.75, 3.05) is 6.79 Å². The Labute approximate surface area is 129 Å². The number of nitrogens with zero attached hydrogens (tertiary/aromatic N) is 3. The summed E-state index contributed by atoms with van der Waals surface area (Å²) in [5.74, 6) is 0.219. The first-order valence-corrected chi connectivity index (χ1v) is 6.82. The molecule has 8 heteroatoms. The summed E-state index contributed by atoms with van der Waals surface area (Å²) in [5.41, 5.74) is 1.27. The first kappa shape index (κ1) is 13.4. The van der Waals surface area contributed by atoms with Gasteiger partial charge in [0.15, 0.2) is 11.5 Å². The fourth-order valence-electron chi connectivity index (χ4n) is 2.49. The zero-order valence-corrected chi connectivity index (χ0v) is 11.8. The number of carboxylic acid groups (broad SMARTS) is 1. The molecule has 0 atom stereocenters. The first-order valence-electron chi connectivity index (χ1n) is 6.82. The van der Waals surface area contributed by atoms with Gasteiger partial charge in [0.2, 0.25) is 6.79 Å². The number of rotatable bonds is 3. The van der Waals surface area contributed by atoms with Crippen LogP contribution in [0.1, 0.15) is 0 Å². The second-order valence-electron chi connectivity index (χ2n) is 5.05. The van der Waals surface area contributed by atoms with Crippen LogP contribution in [0.3, 0.4) is 0 Å². The van der Waals surface area contributed by atoms with E-state index in [1.165, 1.54) is 10.7 Å². The average molecular weight is 313 g/mol. The van der Waals surface area contributed by atoms with Crippen molar-refractivity contribution in [3.05, 3.63) is 47.0 Å². The fraction of sp³-hybridized carbons (Fsp3) is 0.133. The standard InChI is InChI=1S/C15H11N3O5/c19-14(20)7-17-3-4-18-11(15(17)21)6-10(16-18)9-1-2-12-13(5-9)23-8-22-12/h1-6H,7-8H2,(H,19,20). The maximum atomic E-state index is 12.3. The Morgan fingerprint density at radius 3 is 2.87 bits per heavy atom. The van der Waals surface area contributed by atoms with Crippen molar-refractivity contribution in [3.8, 4) is 22.8 Å². The Hall–Kier alpha value is -3.29. The Morgan fingerprint density at radius 1 is 1.22 bits per heavy atom. The highest BCUT2D eigenvalue weighted by Crippen LogP contribution is 2.35. The molecule has 4 rings (SSSR count). The molecule has 3 aromatic rings. The average Bonchev–Trinajstić information content (AvgIpc) is 3.15. The molecule has 0 saturated carbocycles. The minimum Gasteiger partial charge on any atom is -0.480 e. The van der Waals surface area contributed by atoms with Crippen molar-refractivity contribution >= 4 is 11.5 Å². The van der Waals surface area contributed by atoms with Crippen LogP contribution >= 0.6 is 0 Å². The molecular weight excluding hydrogens is 302 g/mol. The predicted octanol–water partition coefficient (Wildman–Crippen LogP) is 0.976. The summed E-state index contributed by atoms with van der Waals surface area (Å²) < 4.78 is 13.2. The number of aliphatic carboxylic acids is 1. The fourth-order valence-corrected chi connectivity index (χ4v) is 2.49. The van der Waals surface area contributed by atoms with Gasteiger partial charge in [-0.2, -0.15) is 5.10 Å². The Kier molecular flexibility index (Phi) is 2.83. The van der Waals surface area contributed by atoms with Crippen LogP contribution < -0.4 is 15.0 Å². The number of carboxylic acids is 1. The summed E-state index contributed by atoms with van der Waals surface area (Å²) in [4.78, 5) is 23.1. The van der Waals surface area contributed by atoms with E-state index in [0.29, 0.717) is 22.7 Å². The zero-order valence-electron chi connectivity index (χ0n) is 11.8. The topological polar surface area (TPSA) is 95.1 Å². The summed E-state index contributed by atoms with van der Waals surface area (Å²) in [7, 11) is 0. The summed E-state index contributed by atoms with van der Waals surface area (Å²) in [6.07, 6.45) is 2.95. The van der Waals surface area contributed by atoms with Crippen LogP contribution in [-0.2, 0) is 11.3 Å². The van der Waals surface area contributed by atoms with E-state index in [2.05, 4.69) is 5.10 Å². The molecule has 8 nitrogen and oxygen atoms in total. The van der Waals surface area contributed by atoms with Crippen LogP contribution in [0.2, 0.25) is 0 Å². The van der Waals surface area contributed by atoms with Crippen LogP contribution in [0.15, 0.2) is 41.5 Å². The minimum atomic E-state index is -1.08. The number of hydrogen-bond donors (Lipinski definition) is 1. The van der Waals surface area contributed by atoms with Crippen molar-refractivity contribution in [3.63, 3.8) is 0 Å².